The zero-order chi connectivity index (χ0) is 17.8. The molecule has 138 valence electrons. The molecule has 2 saturated heterocycles. The standard InChI is InChI=1S/C21H29N5/c1-17-6-5-11-26(16-17)20-15-22-24-21(23-20)25-12-9-19(10-13-25)14-18-7-3-2-4-8-18/h2-4,7-8,15,17,19H,5-6,9-14,16H2,1H3. The van der Waals surface area contributed by atoms with Crippen LogP contribution in [0.5, 0.6) is 0 Å². The van der Waals surface area contributed by atoms with Crippen LogP contribution in [0.1, 0.15) is 38.2 Å². The van der Waals surface area contributed by atoms with Crippen LogP contribution in [0.25, 0.3) is 0 Å². The van der Waals surface area contributed by atoms with Gasteiger partial charge < -0.3 is 9.80 Å². The van der Waals surface area contributed by atoms with Gasteiger partial charge in [0.15, 0.2) is 5.82 Å². The highest BCUT2D eigenvalue weighted by molar-refractivity contribution is 5.42. The van der Waals surface area contributed by atoms with Gasteiger partial charge in [-0.3, -0.25) is 0 Å². The lowest BCUT2D eigenvalue weighted by molar-refractivity contribution is 0.399. The number of hydrogen-bond donors (Lipinski definition) is 0. The second-order valence-electron chi connectivity index (χ2n) is 7.93. The molecular formula is C21H29N5. The Kier molecular flexibility index (Phi) is 5.32. The van der Waals surface area contributed by atoms with Gasteiger partial charge in [0, 0.05) is 26.2 Å². The molecular weight excluding hydrogens is 322 g/mol. The van der Waals surface area contributed by atoms with Crippen molar-refractivity contribution in [1.29, 1.82) is 0 Å². The molecule has 5 heteroatoms. The molecule has 2 aliphatic rings. The van der Waals surface area contributed by atoms with E-state index in [-0.39, 0.29) is 0 Å². The van der Waals surface area contributed by atoms with E-state index in [0.29, 0.717) is 0 Å². The first-order valence-corrected chi connectivity index (χ1v) is 10.0. The summed E-state index contributed by atoms with van der Waals surface area (Å²) in [5, 5.41) is 8.58. The molecule has 26 heavy (non-hydrogen) atoms. The molecule has 0 radical (unpaired) electrons. The molecule has 4 rings (SSSR count). The van der Waals surface area contributed by atoms with Crippen LogP contribution in [0.2, 0.25) is 0 Å². The molecule has 1 aromatic carbocycles. The molecule has 1 atom stereocenters. The van der Waals surface area contributed by atoms with Crippen molar-refractivity contribution < 1.29 is 0 Å². The Labute approximate surface area is 156 Å². The summed E-state index contributed by atoms with van der Waals surface area (Å²) in [4.78, 5) is 9.52. The fourth-order valence-electron chi connectivity index (χ4n) is 4.25. The minimum atomic E-state index is 0.732. The van der Waals surface area contributed by atoms with Crippen molar-refractivity contribution in [2.45, 2.75) is 39.0 Å². The van der Waals surface area contributed by atoms with Crippen molar-refractivity contribution in [1.82, 2.24) is 15.2 Å². The molecule has 0 N–H and O–H groups in total. The molecule has 0 saturated carbocycles. The van der Waals surface area contributed by atoms with E-state index in [1.54, 1.807) is 0 Å². The minimum Gasteiger partial charge on any atom is -0.355 e. The molecule has 0 aliphatic carbocycles. The largest absolute Gasteiger partial charge is 0.355 e. The van der Waals surface area contributed by atoms with Crippen molar-refractivity contribution in [3.05, 3.63) is 42.1 Å². The average Bonchev–Trinajstić information content (AvgIpc) is 2.69. The third-order valence-corrected chi connectivity index (χ3v) is 5.78. The number of piperidine rings is 2. The number of rotatable bonds is 4. The normalized spacial score (nSPS) is 21.8. The van der Waals surface area contributed by atoms with Crippen molar-refractivity contribution in [3.8, 4) is 0 Å². The van der Waals surface area contributed by atoms with E-state index in [2.05, 4.69) is 57.3 Å². The van der Waals surface area contributed by atoms with Crippen molar-refractivity contribution >= 4 is 11.8 Å². The number of aromatic nitrogens is 3. The van der Waals surface area contributed by atoms with Gasteiger partial charge in [-0.15, -0.1) is 5.10 Å². The Bertz CT molecular complexity index is 697. The highest BCUT2D eigenvalue weighted by Gasteiger charge is 2.23. The lowest BCUT2D eigenvalue weighted by Crippen LogP contribution is -2.37. The smallest absolute Gasteiger partial charge is 0.247 e. The predicted octanol–water partition coefficient (Wildman–Crippen LogP) is 3.57. The molecule has 3 heterocycles. The minimum absolute atomic E-state index is 0.732. The Balaban J connectivity index is 1.36. The van der Waals surface area contributed by atoms with Crippen LogP contribution in [0.3, 0.4) is 0 Å². The van der Waals surface area contributed by atoms with Crippen LogP contribution in [-0.2, 0) is 6.42 Å². The summed E-state index contributed by atoms with van der Waals surface area (Å²) >= 11 is 0. The highest BCUT2D eigenvalue weighted by atomic mass is 15.4. The Morgan fingerprint density at radius 2 is 1.81 bits per heavy atom. The van der Waals surface area contributed by atoms with Crippen LogP contribution in [0.4, 0.5) is 11.8 Å². The summed E-state index contributed by atoms with van der Waals surface area (Å²) in [5.41, 5.74) is 1.45. The van der Waals surface area contributed by atoms with Gasteiger partial charge >= 0.3 is 0 Å². The maximum absolute atomic E-state index is 4.84. The summed E-state index contributed by atoms with van der Waals surface area (Å²) in [6.45, 7) is 6.54. The molecule has 2 fully saturated rings. The Hall–Kier alpha value is -2.17. The zero-order valence-electron chi connectivity index (χ0n) is 15.7. The van der Waals surface area contributed by atoms with Gasteiger partial charge in [-0.05, 0) is 49.5 Å². The van der Waals surface area contributed by atoms with Gasteiger partial charge in [0.1, 0.15) is 0 Å². The summed E-state index contributed by atoms with van der Waals surface area (Å²) < 4.78 is 0. The lowest BCUT2D eigenvalue weighted by Gasteiger charge is -2.34. The van der Waals surface area contributed by atoms with E-state index < -0.39 is 0 Å². The maximum Gasteiger partial charge on any atom is 0.247 e. The maximum atomic E-state index is 4.84. The van der Waals surface area contributed by atoms with Crippen molar-refractivity contribution in [3.63, 3.8) is 0 Å². The van der Waals surface area contributed by atoms with Gasteiger partial charge in [-0.1, -0.05) is 37.3 Å². The van der Waals surface area contributed by atoms with Crippen molar-refractivity contribution in [2.75, 3.05) is 36.0 Å². The number of anilines is 2. The van der Waals surface area contributed by atoms with E-state index in [1.807, 2.05) is 6.20 Å². The predicted molar refractivity (Wildman–Crippen MR) is 106 cm³/mol. The SMILES string of the molecule is CC1CCCN(c2cnnc(N3CCC(Cc4ccccc4)CC3)n2)C1. The second-order valence-corrected chi connectivity index (χ2v) is 7.93. The molecule has 0 amide bonds. The highest BCUT2D eigenvalue weighted by Crippen LogP contribution is 2.26. The van der Waals surface area contributed by atoms with Gasteiger partial charge in [0.2, 0.25) is 5.95 Å². The topological polar surface area (TPSA) is 45.2 Å². The summed E-state index contributed by atoms with van der Waals surface area (Å²) in [5.74, 6) is 3.29. The summed E-state index contributed by atoms with van der Waals surface area (Å²) in [6.07, 6.45) is 7.96. The first-order chi connectivity index (χ1) is 12.8. The van der Waals surface area contributed by atoms with E-state index in [4.69, 9.17) is 4.98 Å². The fraction of sp³-hybridized carbons (Fsp3) is 0.571. The summed E-state index contributed by atoms with van der Waals surface area (Å²) in [7, 11) is 0. The molecule has 2 aromatic rings. The monoisotopic (exact) mass is 351 g/mol. The van der Waals surface area contributed by atoms with E-state index in [9.17, 15) is 0 Å². The molecule has 5 nitrogen and oxygen atoms in total. The lowest BCUT2D eigenvalue weighted by atomic mass is 9.90. The van der Waals surface area contributed by atoms with Crippen LogP contribution in [-0.4, -0.2) is 41.4 Å². The van der Waals surface area contributed by atoms with Crippen LogP contribution in [0.15, 0.2) is 36.5 Å². The molecule has 1 aromatic heterocycles. The number of hydrogen-bond acceptors (Lipinski definition) is 5. The Morgan fingerprint density at radius 3 is 2.58 bits per heavy atom. The molecule has 1 unspecified atom stereocenters. The van der Waals surface area contributed by atoms with E-state index in [0.717, 1.165) is 49.8 Å². The fourth-order valence-corrected chi connectivity index (χ4v) is 4.25. The van der Waals surface area contributed by atoms with Crippen molar-refractivity contribution in [2.24, 2.45) is 11.8 Å². The van der Waals surface area contributed by atoms with Crippen LogP contribution < -0.4 is 9.80 Å². The second kappa shape index (κ2) is 8.02. The van der Waals surface area contributed by atoms with Gasteiger partial charge in [-0.25, -0.2) is 0 Å². The van der Waals surface area contributed by atoms with Crippen LogP contribution >= 0.6 is 0 Å². The molecule has 2 aliphatic heterocycles. The third-order valence-electron chi connectivity index (χ3n) is 5.78. The van der Waals surface area contributed by atoms with Gasteiger partial charge in [0.25, 0.3) is 0 Å². The third kappa shape index (κ3) is 4.14. The number of benzene rings is 1. The first kappa shape index (κ1) is 17.3. The molecule has 0 spiro atoms. The van der Waals surface area contributed by atoms with Crippen LogP contribution in [0, 0.1) is 11.8 Å². The van der Waals surface area contributed by atoms with Gasteiger partial charge in [-0.2, -0.15) is 10.1 Å². The van der Waals surface area contributed by atoms with E-state index in [1.165, 1.54) is 37.7 Å². The van der Waals surface area contributed by atoms with Gasteiger partial charge in [0.05, 0.1) is 6.20 Å². The first-order valence-electron chi connectivity index (χ1n) is 10.0. The van der Waals surface area contributed by atoms with E-state index >= 15 is 0 Å². The number of nitrogens with zero attached hydrogens (tertiary/aromatic N) is 5. The molecule has 0 bridgehead atoms. The summed E-state index contributed by atoms with van der Waals surface area (Å²) in [6, 6.07) is 10.8. The average molecular weight is 351 g/mol. The zero-order valence-corrected chi connectivity index (χ0v) is 15.7. The quantitative estimate of drug-likeness (QED) is 0.843. The Morgan fingerprint density at radius 1 is 1.00 bits per heavy atom.